The molecule has 0 radical (unpaired) electrons. The maximum Gasteiger partial charge on any atom is 0.254 e. The van der Waals surface area contributed by atoms with Gasteiger partial charge in [-0.2, -0.15) is 0 Å². The molecule has 1 aliphatic rings. The number of carbonyl (C=O) groups is 1. The van der Waals surface area contributed by atoms with Gasteiger partial charge >= 0.3 is 0 Å². The molecule has 1 atom stereocenters. The Morgan fingerprint density at radius 2 is 2.25 bits per heavy atom. The second kappa shape index (κ2) is 5.37. The molecule has 2 aromatic rings. The van der Waals surface area contributed by atoms with Crippen molar-refractivity contribution in [3.63, 3.8) is 0 Å². The molecule has 1 saturated heterocycles. The third-order valence-corrected chi connectivity index (χ3v) is 4.76. The highest BCUT2D eigenvalue weighted by atomic mass is 32.1. The highest BCUT2D eigenvalue weighted by Crippen LogP contribution is 2.35. The zero-order valence-corrected chi connectivity index (χ0v) is 12.1. The van der Waals surface area contributed by atoms with E-state index >= 15 is 0 Å². The number of aryl methyl sites for hydroxylation is 1. The molecular formula is C16H16FNOS. The number of nitrogens with zero attached hydrogens (tertiary/aromatic N) is 1. The molecule has 104 valence electrons. The quantitative estimate of drug-likeness (QED) is 0.812. The van der Waals surface area contributed by atoms with Crippen LogP contribution < -0.4 is 0 Å². The SMILES string of the molecule is Cc1cc(C(=O)N2CCCC2c2cccs2)ccc1F. The number of hydrogen-bond acceptors (Lipinski definition) is 2. The standard InChI is InChI=1S/C16H16FNOS/c1-11-10-12(6-7-13(11)17)16(19)18-8-2-4-14(18)15-5-3-9-20-15/h3,5-7,9-10,14H,2,4,8H2,1H3. The van der Waals surface area contributed by atoms with E-state index < -0.39 is 0 Å². The molecule has 1 aromatic carbocycles. The van der Waals surface area contributed by atoms with E-state index in [1.807, 2.05) is 16.3 Å². The lowest BCUT2D eigenvalue weighted by molar-refractivity contribution is 0.0737. The lowest BCUT2D eigenvalue weighted by Crippen LogP contribution is -2.30. The Balaban J connectivity index is 1.87. The molecule has 0 N–H and O–H groups in total. The number of carbonyl (C=O) groups excluding carboxylic acids is 1. The summed E-state index contributed by atoms with van der Waals surface area (Å²) in [5.41, 5.74) is 1.09. The van der Waals surface area contributed by atoms with E-state index in [1.165, 1.54) is 10.9 Å². The Morgan fingerprint density at radius 3 is 2.95 bits per heavy atom. The first-order valence-electron chi connectivity index (χ1n) is 6.77. The van der Waals surface area contributed by atoms with E-state index in [0.29, 0.717) is 11.1 Å². The third-order valence-electron chi connectivity index (χ3n) is 3.79. The summed E-state index contributed by atoms with van der Waals surface area (Å²) < 4.78 is 13.3. The van der Waals surface area contributed by atoms with Crippen molar-refractivity contribution in [2.75, 3.05) is 6.54 Å². The average molecular weight is 289 g/mol. The average Bonchev–Trinajstić information content (AvgIpc) is 3.10. The lowest BCUT2D eigenvalue weighted by Gasteiger charge is -2.24. The van der Waals surface area contributed by atoms with Crippen LogP contribution in [0.1, 0.15) is 39.7 Å². The van der Waals surface area contributed by atoms with Gasteiger partial charge in [0, 0.05) is 17.0 Å². The molecule has 3 rings (SSSR count). The Morgan fingerprint density at radius 1 is 1.40 bits per heavy atom. The summed E-state index contributed by atoms with van der Waals surface area (Å²) >= 11 is 1.69. The zero-order valence-electron chi connectivity index (χ0n) is 11.3. The molecule has 20 heavy (non-hydrogen) atoms. The van der Waals surface area contributed by atoms with Crippen LogP contribution >= 0.6 is 11.3 Å². The molecule has 0 saturated carbocycles. The van der Waals surface area contributed by atoms with Gasteiger partial charge in [-0.05, 0) is 55.0 Å². The van der Waals surface area contributed by atoms with Gasteiger partial charge in [-0.3, -0.25) is 4.79 Å². The van der Waals surface area contributed by atoms with Gasteiger partial charge in [-0.1, -0.05) is 6.07 Å². The highest BCUT2D eigenvalue weighted by molar-refractivity contribution is 7.10. The van der Waals surface area contributed by atoms with E-state index in [4.69, 9.17) is 0 Å². The minimum Gasteiger partial charge on any atom is -0.331 e. The normalized spacial score (nSPS) is 18.5. The van der Waals surface area contributed by atoms with Crippen LogP contribution in [0, 0.1) is 12.7 Å². The molecule has 1 amide bonds. The van der Waals surface area contributed by atoms with Crippen LogP contribution in [0.5, 0.6) is 0 Å². The van der Waals surface area contributed by atoms with Crippen LogP contribution in [0.4, 0.5) is 4.39 Å². The number of hydrogen-bond donors (Lipinski definition) is 0. The van der Waals surface area contributed by atoms with Crippen LogP contribution in [0.25, 0.3) is 0 Å². The topological polar surface area (TPSA) is 20.3 Å². The fraction of sp³-hybridized carbons (Fsp3) is 0.312. The monoisotopic (exact) mass is 289 g/mol. The summed E-state index contributed by atoms with van der Waals surface area (Å²) in [5.74, 6) is -0.262. The van der Waals surface area contributed by atoms with Crippen molar-refractivity contribution in [1.82, 2.24) is 4.90 Å². The Kier molecular flexibility index (Phi) is 3.57. The van der Waals surface area contributed by atoms with Crippen LogP contribution in [0.3, 0.4) is 0 Å². The largest absolute Gasteiger partial charge is 0.331 e. The van der Waals surface area contributed by atoms with Gasteiger partial charge in [0.15, 0.2) is 0 Å². The molecule has 4 heteroatoms. The predicted octanol–water partition coefficient (Wildman–Crippen LogP) is 4.17. The number of rotatable bonds is 2. The molecule has 1 aliphatic heterocycles. The smallest absolute Gasteiger partial charge is 0.254 e. The molecular weight excluding hydrogens is 273 g/mol. The Bertz CT molecular complexity index is 623. The summed E-state index contributed by atoms with van der Waals surface area (Å²) in [4.78, 5) is 15.8. The molecule has 1 unspecified atom stereocenters. The second-order valence-electron chi connectivity index (χ2n) is 5.14. The maximum absolute atomic E-state index is 13.3. The van der Waals surface area contributed by atoms with Gasteiger partial charge in [0.2, 0.25) is 0 Å². The van der Waals surface area contributed by atoms with Crippen LogP contribution in [-0.4, -0.2) is 17.4 Å². The minimum atomic E-state index is -0.266. The van der Waals surface area contributed by atoms with Crippen molar-refractivity contribution in [3.8, 4) is 0 Å². The summed E-state index contributed by atoms with van der Waals surface area (Å²) in [6, 6.07) is 8.86. The zero-order chi connectivity index (χ0) is 14.1. The number of halogens is 1. The van der Waals surface area contributed by atoms with Crippen molar-refractivity contribution in [2.45, 2.75) is 25.8 Å². The van der Waals surface area contributed by atoms with Gasteiger partial charge in [0.05, 0.1) is 6.04 Å². The van der Waals surface area contributed by atoms with Crippen molar-refractivity contribution >= 4 is 17.2 Å². The lowest BCUT2D eigenvalue weighted by atomic mass is 10.1. The number of benzene rings is 1. The van der Waals surface area contributed by atoms with Gasteiger partial charge in [0.1, 0.15) is 5.82 Å². The minimum absolute atomic E-state index is 0.00370. The van der Waals surface area contributed by atoms with Crippen molar-refractivity contribution < 1.29 is 9.18 Å². The molecule has 0 aliphatic carbocycles. The fourth-order valence-electron chi connectivity index (χ4n) is 2.73. The van der Waals surface area contributed by atoms with Gasteiger partial charge in [-0.15, -0.1) is 11.3 Å². The number of likely N-dealkylation sites (tertiary alicyclic amines) is 1. The first-order valence-corrected chi connectivity index (χ1v) is 7.65. The maximum atomic E-state index is 13.3. The first-order chi connectivity index (χ1) is 9.66. The van der Waals surface area contributed by atoms with E-state index in [0.717, 1.165) is 19.4 Å². The van der Waals surface area contributed by atoms with Crippen molar-refractivity contribution in [1.29, 1.82) is 0 Å². The molecule has 2 heterocycles. The second-order valence-corrected chi connectivity index (χ2v) is 6.12. The van der Waals surface area contributed by atoms with Crippen molar-refractivity contribution in [2.24, 2.45) is 0 Å². The highest BCUT2D eigenvalue weighted by Gasteiger charge is 2.31. The molecule has 1 aromatic heterocycles. The molecule has 2 nitrogen and oxygen atoms in total. The van der Waals surface area contributed by atoms with Gasteiger partial charge in [0.25, 0.3) is 5.91 Å². The molecule has 0 bridgehead atoms. The fourth-order valence-corrected chi connectivity index (χ4v) is 3.60. The first kappa shape index (κ1) is 13.3. The summed E-state index contributed by atoms with van der Waals surface area (Å²) in [6.45, 7) is 2.46. The molecule has 1 fully saturated rings. The Hall–Kier alpha value is -1.68. The van der Waals surface area contributed by atoms with Crippen LogP contribution in [0.2, 0.25) is 0 Å². The predicted molar refractivity (Wildman–Crippen MR) is 78.5 cm³/mol. The number of amides is 1. The van der Waals surface area contributed by atoms with Crippen LogP contribution in [-0.2, 0) is 0 Å². The van der Waals surface area contributed by atoms with Crippen LogP contribution in [0.15, 0.2) is 35.7 Å². The van der Waals surface area contributed by atoms with E-state index in [2.05, 4.69) is 6.07 Å². The van der Waals surface area contributed by atoms with E-state index in [1.54, 1.807) is 30.4 Å². The van der Waals surface area contributed by atoms with Crippen molar-refractivity contribution in [3.05, 3.63) is 57.5 Å². The van der Waals surface area contributed by atoms with E-state index in [9.17, 15) is 9.18 Å². The third kappa shape index (κ3) is 2.36. The summed E-state index contributed by atoms with van der Waals surface area (Å²) in [6.07, 6.45) is 2.03. The van der Waals surface area contributed by atoms with Gasteiger partial charge in [-0.25, -0.2) is 4.39 Å². The summed E-state index contributed by atoms with van der Waals surface area (Å²) in [5, 5.41) is 2.04. The number of thiophene rings is 1. The molecule has 0 spiro atoms. The van der Waals surface area contributed by atoms with Gasteiger partial charge < -0.3 is 4.90 Å². The van der Waals surface area contributed by atoms with E-state index in [-0.39, 0.29) is 17.8 Å². The summed E-state index contributed by atoms with van der Waals surface area (Å²) in [7, 11) is 0. The Labute approximate surface area is 121 Å².